The summed E-state index contributed by atoms with van der Waals surface area (Å²) >= 11 is 1.16. The van der Waals surface area contributed by atoms with Crippen molar-refractivity contribution in [3.63, 3.8) is 0 Å². The van der Waals surface area contributed by atoms with Crippen molar-refractivity contribution in [2.45, 2.75) is 47.9 Å². The zero-order chi connectivity index (χ0) is 25.4. The van der Waals surface area contributed by atoms with Crippen molar-refractivity contribution in [2.75, 3.05) is 44.2 Å². The van der Waals surface area contributed by atoms with E-state index in [1.54, 1.807) is 17.5 Å². The minimum Gasteiger partial charge on any atom is -0.392 e. The van der Waals surface area contributed by atoms with Crippen LogP contribution < -0.4 is 4.90 Å². The highest BCUT2D eigenvalue weighted by molar-refractivity contribution is 7.91. The van der Waals surface area contributed by atoms with Gasteiger partial charge < -0.3 is 15.1 Å². The fraction of sp³-hybridized carbons (Fsp3) is 0.565. The van der Waals surface area contributed by atoms with Gasteiger partial charge in [0, 0.05) is 38.4 Å². The van der Waals surface area contributed by atoms with Crippen LogP contribution >= 0.6 is 11.3 Å². The van der Waals surface area contributed by atoms with Crippen LogP contribution in [-0.4, -0.2) is 85.4 Å². The molecular formula is C23H30F3N3O4S2. The highest BCUT2D eigenvalue weighted by atomic mass is 32.2. The molecule has 1 unspecified atom stereocenters. The second kappa shape index (κ2) is 9.98. The van der Waals surface area contributed by atoms with Crippen LogP contribution in [0.15, 0.2) is 46.0 Å². The largest absolute Gasteiger partial charge is 0.421 e. The van der Waals surface area contributed by atoms with Gasteiger partial charge in [0.15, 0.2) is 5.60 Å². The van der Waals surface area contributed by atoms with Crippen molar-refractivity contribution in [1.29, 1.82) is 0 Å². The molecule has 0 saturated carbocycles. The molecule has 3 atom stereocenters. The molecule has 12 heteroatoms. The summed E-state index contributed by atoms with van der Waals surface area (Å²) in [4.78, 5) is 4.11. The summed E-state index contributed by atoms with van der Waals surface area (Å²) in [5.74, 6) is 0. The molecule has 2 aliphatic rings. The maximum atomic E-state index is 13.3. The van der Waals surface area contributed by atoms with Crippen LogP contribution in [0.2, 0.25) is 0 Å². The van der Waals surface area contributed by atoms with Crippen LogP contribution in [0, 0.1) is 0 Å². The average Bonchev–Trinajstić information content (AvgIpc) is 3.34. The zero-order valence-electron chi connectivity index (χ0n) is 19.4. The molecule has 2 N–H and O–H groups in total. The fourth-order valence-corrected chi connectivity index (χ4v) is 7.33. The lowest BCUT2D eigenvalue weighted by molar-refractivity contribution is -0.258. The molecule has 0 amide bonds. The summed E-state index contributed by atoms with van der Waals surface area (Å²) in [6.45, 7) is 3.33. The molecule has 2 aliphatic heterocycles. The van der Waals surface area contributed by atoms with Crippen molar-refractivity contribution < 1.29 is 31.8 Å². The molecule has 194 valence electrons. The summed E-state index contributed by atoms with van der Waals surface area (Å²) in [6.07, 6.45) is -3.68. The van der Waals surface area contributed by atoms with Gasteiger partial charge in [-0.25, -0.2) is 8.42 Å². The Balaban J connectivity index is 1.59. The number of hydrogen-bond donors (Lipinski definition) is 2. The maximum Gasteiger partial charge on any atom is 0.421 e. The number of piperazine rings is 1. The Morgan fingerprint density at radius 2 is 1.80 bits per heavy atom. The van der Waals surface area contributed by atoms with Gasteiger partial charge in [-0.2, -0.15) is 17.5 Å². The number of sulfonamides is 1. The Bertz CT molecular complexity index is 1090. The first-order valence-electron chi connectivity index (χ1n) is 11.5. The van der Waals surface area contributed by atoms with Gasteiger partial charge in [-0.1, -0.05) is 18.2 Å². The molecule has 3 heterocycles. The van der Waals surface area contributed by atoms with E-state index < -0.39 is 27.9 Å². The number of aliphatic hydroxyl groups excluding tert-OH is 1. The lowest BCUT2D eigenvalue weighted by Crippen LogP contribution is -2.59. The molecule has 4 rings (SSSR count). The SMILES string of the molecule is C[C@@](O)(c1ccc(N2CCN(S(=O)(=O)c3cccs3)C[C@@H]2CN2CCCC(O)C2)cc1)C(F)(F)F. The number of thiophene rings is 1. The van der Waals surface area contributed by atoms with Crippen molar-refractivity contribution in [3.05, 3.63) is 47.3 Å². The molecular weight excluding hydrogens is 503 g/mol. The number of anilines is 1. The maximum absolute atomic E-state index is 13.3. The predicted molar refractivity (Wildman–Crippen MR) is 128 cm³/mol. The Kier molecular flexibility index (Phi) is 7.52. The second-order valence-electron chi connectivity index (χ2n) is 9.31. The summed E-state index contributed by atoms with van der Waals surface area (Å²) in [5.41, 5.74) is -2.58. The minimum absolute atomic E-state index is 0.217. The Morgan fingerprint density at radius 3 is 2.40 bits per heavy atom. The smallest absolute Gasteiger partial charge is 0.392 e. The van der Waals surface area contributed by atoms with Gasteiger partial charge in [0.05, 0.1) is 12.1 Å². The molecule has 1 aromatic carbocycles. The lowest BCUT2D eigenvalue weighted by atomic mass is 9.95. The van der Waals surface area contributed by atoms with Crippen LogP contribution in [0.4, 0.5) is 18.9 Å². The van der Waals surface area contributed by atoms with Gasteiger partial charge >= 0.3 is 6.18 Å². The fourth-order valence-electron chi connectivity index (χ4n) is 4.71. The minimum atomic E-state index is -4.81. The quantitative estimate of drug-likeness (QED) is 0.594. The second-order valence-corrected chi connectivity index (χ2v) is 12.4. The van der Waals surface area contributed by atoms with Gasteiger partial charge in [-0.15, -0.1) is 11.3 Å². The molecule has 35 heavy (non-hydrogen) atoms. The van der Waals surface area contributed by atoms with E-state index >= 15 is 0 Å². The molecule has 0 spiro atoms. The van der Waals surface area contributed by atoms with Gasteiger partial charge in [-0.05, 0) is 55.5 Å². The standard InChI is InChI=1S/C23H30F3N3O4S2/c1-22(31,23(24,25)26)17-6-8-18(9-7-17)29-12-11-28(35(32,33)21-5-3-13-34-21)15-19(29)14-27-10-2-4-20(30)16-27/h3,5-9,13,19-20,30-31H,2,4,10-12,14-16H2,1H3/t19-,20?,22+/m0/s1. The van der Waals surface area contributed by atoms with Gasteiger partial charge in [-0.3, -0.25) is 4.90 Å². The zero-order valence-corrected chi connectivity index (χ0v) is 21.0. The molecule has 7 nitrogen and oxygen atoms in total. The van der Waals surface area contributed by atoms with Crippen LogP contribution in [0.3, 0.4) is 0 Å². The van der Waals surface area contributed by atoms with E-state index in [0.717, 1.165) is 37.6 Å². The van der Waals surface area contributed by atoms with E-state index in [2.05, 4.69) is 4.90 Å². The predicted octanol–water partition coefficient (Wildman–Crippen LogP) is 2.85. The lowest BCUT2D eigenvalue weighted by Gasteiger charge is -2.45. The van der Waals surface area contributed by atoms with E-state index in [1.165, 1.54) is 28.6 Å². The summed E-state index contributed by atoms with van der Waals surface area (Å²) < 4.78 is 67.8. The molecule has 0 bridgehead atoms. The number of likely N-dealkylation sites (tertiary alicyclic amines) is 1. The highest BCUT2D eigenvalue weighted by Crippen LogP contribution is 2.39. The number of halogens is 3. The van der Waals surface area contributed by atoms with E-state index in [9.17, 15) is 31.8 Å². The van der Waals surface area contributed by atoms with Crippen LogP contribution in [-0.2, 0) is 15.6 Å². The number of hydrogen-bond acceptors (Lipinski definition) is 7. The van der Waals surface area contributed by atoms with Crippen molar-refractivity contribution in [3.8, 4) is 0 Å². The Labute approximate surface area is 207 Å². The molecule has 2 fully saturated rings. The molecule has 0 radical (unpaired) electrons. The molecule has 2 aromatic rings. The van der Waals surface area contributed by atoms with Crippen molar-refractivity contribution >= 4 is 27.0 Å². The van der Waals surface area contributed by atoms with Gasteiger partial charge in [0.25, 0.3) is 10.0 Å². The third-order valence-electron chi connectivity index (χ3n) is 6.80. The molecule has 1 aromatic heterocycles. The monoisotopic (exact) mass is 533 g/mol. The number of aliphatic hydroxyl groups is 2. The Hall–Kier alpha value is -1.70. The van der Waals surface area contributed by atoms with Crippen LogP contribution in [0.25, 0.3) is 0 Å². The van der Waals surface area contributed by atoms with Crippen molar-refractivity contribution in [1.82, 2.24) is 9.21 Å². The van der Waals surface area contributed by atoms with E-state index in [-0.39, 0.29) is 28.9 Å². The first kappa shape index (κ1) is 26.4. The molecule has 0 aliphatic carbocycles. The van der Waals surface area contributed by atoms with Crippen LogP contribution in [0.5, 0.6) is 0 Å². The molecule has 2 saturated heterocycles. The Morgan fingerprint density at radius 1 is 1.09 bits per heavy atom. The topological polar surface area (TPSA) is 84.3 Å². The first-order chi connectivity index (χ1) is 16.4. The average molecular weight is 534 g/mol. The van der Waals surface area contributed by atoms with E-state index in [0.29, 0.717) is 25.3 Å². The summed E-state index contributed by atoms with van der Waals surface area (Å²) in [7, 11) is -3.65. The van der Waals surface area contributed by atoms with E-state index in [4.69, 9.17) is 0 Å². The number of nitrogens with zero attached hydrogens (tertiary/aromatic N) is 3. The number of benzene rings is 1. The third kappa shape index (κ3) is 5.52. The normalized spacial score (nSPS) is 24.9. The first-order valence-corrected chi connectivity index (χ1v) is 13.8. The van der Waals surface area contributed by atoms with Gasteiger partial charge in [0.2, 0.25) is 0 Å². The third-order valence-corrected chi connectivity index (χ3v) is 10.0. The number of piperidine rings is 1. The van der Waals surface area contributed by atoms with Gasteiger partial charge in [0.1, 0.15) is 4.21 Å². The van der Waals surface area contributed by atoms with Crippen LogP contribution in [0.1, 0.15) is 25.3 Å². The van der Waals surface area contributed by atoms with E-state index in [1.807, 2.05) is 4.90 Å². The van der Waals surface area contributed by atoms with Crippen molar-refractivity contribution in [2.24, 2.45) is 0 Å². The summed E-state index contributed by atoms with van der Waals surface area (Å²) in [5, 5.41) is 21.8. The summed E-state index contributed by atoms with van der Waals surface area (Å²) in [6, 6.07) is 8.61. The number of alkyl halides is 3. The highest BCUT2D eigenvalue weighted by Gasteiger charge is 2.51. The number of rotatable bonds is 6. The number of β-amino-alcohol motifs (C(OH)–C–C–N with tert-alkyl or cyclic N) is 1.